The van der Waals surface area contributed by atoms with Crippen molar-refractivity contribution in [1.82, 2.24) is 20.5 Å². The number of aromatic nitrogens is 3. The highest BCUT2D eigenvalue weighted by Gasteiger charge is 2.35. The fourth-order valence-electron chi connectivity index (χ4n) is 3.55. The van der Waals surface area contributed by atoms with Crippen molar-refractivity contribution in [2.75, 3.05) is 0 Å². The van der Waals surface area contributed by atoms with Crippen LogP contribution in [-0.4, -0.2) is 26.7 Å². The monoisotopic (exact) mass is 362 g/mol. The van der Waals surface area contributed by atoms with E-state index in [0.29, 0.717) is 17.8 Å². The number of H-pyrrole nitrogens is 1. The predicted molar refractivity (Wildman–Crippen MR) is 103 cm³/mol. The standard InChI is InChI=1S/C21H22N4O2/c1-13-8-9-16-17(11-21(2,3)27-18(16)10-13)24-20(26)15-7-5-4-6-14(15)19-22-12-23-25-19/h4-10,12,17H,11H2,1-3H3,(H,24,26)(H,22,23,25). The summed E-state index contributed by atoms with van der Waals surface area (Å²) in [6.07, 6.45) is 2.13. The van der Waals surface area contributed by atoms with Crippen molar-refractivity contribution in [3.63, 3.8) is 0 Å². The summed E-state index contributed by atoms with van der Waals surface area (Å²) in [5.41, 5.74) is 3.07. The Hall–Kier alpha value is -3.15. The van der Waals surface area contributed by atoms with Crippen LogP contribution >= 0.6 is 0 Å². The number of nitrogens with zero attached hydrogens (tertiary/aromatic N) is 2. The Balaban J connectivity index is 1.67. The van der Waals surface area contributed by atoms with E-state index in [9.17, 15) is 4.79 Å². The van der Waals surface area contributed by atoms with Gasteiger partial charge in [0.25, 0.3) is 5.91 Å². The molecule has 0 spiro atoms. The molecule has 1 aliphatic heterocycles. The van der Waals surface area contributed by atoms with Crippen LogP contribution in [0.25, 0.3) is 11.4 Å². The lowest BCUT2D eigenvalue weighted by Gasteiger charge is -2.38. The largest absolute Gasteiger partial charge is 0.487 e. The number of hydrogen-bond donors (Lipinski definition) is 2. The van der Waals surface area contributed by atoms with Gasteiger partial charge in [-0.15, -0.1) is 0 Å². The number of benzene rings is 2. The molecular formula is C21H22N4O2. The summed E-state index contributed by atoms with van der Waals surface area (Å²) < 4.78 is 6.13. The van der Waals surface area contributed by atoms with Gasteiger partial charge in [-0.05, 0) is 38.5 Å². The molecule has 0 fully saturated rings. The third kappa shape index (κ3) is 3.43. The van der Waals surface area contributed by atoms with Gasteiger partial charge < -0.3 is 10.1 Å². The van der Waals surface area contributed by atoms with E-state index in [2.05, 4.69) is 20.5 Å². The van der Waals surface area contributed by atoms with Crippen LogP contribution in [0.15, 0.2) is 48.8 Å². The molecular weight excluding hydrogens is 340 g/mol. The van der Waals surface area contributed by atoms with E-state index in [4.69, 9.17) is 4.74 Å². The van der Waals surface area contributed by atoms with Crippen LogP contribution in [0.1, 0.15) is 47.8 Å². The summed E-state index contributed by atoms with van der Waals surface area (Å²) in [7, 11) is 0. The topological polar surface area (TPSA) is 79.9 Å². The molecule has 6 heteroatoms. The lowest BCUT2D eigenvalue weighted by molar-refractivity contribution is 0.0619. The van der Waals surface area contributed by atoms with Gasteiger partial charge >= 0.3 is 0 Å². The Morgan fingerprint density at radius 3 is 2.85 bits per heavy atom. The molecule has 6 nitrogen and oxygen atoms in total. The third-order valence-electron chi connectivity index (χ3n) is 4.77. The second-order valence-electron chi connectivity index (χ2n) is 7.51. The van der Waals surface area contributed by atoms with Crippen LogP contribution in [-0.2, 0) is 0 Å². The summed E-state index contributed by atoms with van der Waals surface area (Å²) in [5, 5.41) is 9.90. The third-order valence-corrected chi connectivity index (χ3v) is 4.77. The average Bonchev–Trinajstić information content (AvgIpc) is 3.14. The van der Waals surface area contributed by atoms with Crippen molar-refractivity contribution < 1.29 is 9.53 Å². The Bertz CT molecular complexity index is 980. The molecule has 0 aliphatic carbocycles. The van der Waals surface area contributed by atoms with Gasteiger partial charge in [0.05, 0.1) is 11.6 Å². The van der Waals surface area contributed by atoms with Crippen molar-refractivity contribution in [2.24, 2.45) is 0 Å². The number of fused-ring (bicyclic) bond motifs is 1. The Kier molecular flexibility index (Phi) is 4.18. The van der Waals surface area contributed by atoms with Crippen LogP contribution < -0.4 is 10.1 Å². The summed E-state index contributed by atoms with van der Waals surface area (Å²) in [6.45, 7) is 6.12. The zero-order valence-electron chi connectivity index (χ0n) is 15.6. The highest BCUT2D eigenvalue weighted by Crippen LogP contribution is 2.40. The summed E-state index contributed by atoms with van der Waals surface area (Å²) in [5.74, 6) is 1.26. The molecule has 1 amide bonds. The first-order chi connectivity index (χ1) is 12.9. The number of hydrogen-bond acceptors (Lipinski definition) is 4. The van der Waals surface area contributed by atoms with Crippen LogP contribution in [0.4, 0.5) is 0 Å². The highest BCUT2D eigenvalue weighted by atomic mass is 16.5. The number of carbonyl (C=O) groups is 1. The lowest BCUT2D eigenvalue weighted by atomic mass is 9.89. The SMILES string of the molecule is Cc1ccc2c(c1)OC(C)(C)CC2NC(=O)c1ccccc1-c1ncn[nH]1. The zero-order valence-corrected chi connectivity index (χ0v) is 15.6. The molecule has 2 N–H and O–H groups in total. The molecule has 1 aliphatic rings. The summed E-state index contributed by atoms with van der Waals surface area (Å²) >= 11 is 0. The number of rotatable bonds is 3. The van der Waals surface area contributed by atoms with E-state index in [1.54, 1.807) is 6.07 Å². The van der Waals surface area contributed by atoms with Crippen LogP contribution in [0.5, 0.6) is 5.75 Å². The van der Waals surface area contributed by atoms with Crippen molar-refractivity contribution in [3.8, 4) is 17.1 Å². The molecule has 3 aromatic rings. The molecule has 0 radical (unpaired) electrons. The summed E-state index contributed by atoms with van der Waals surface area (Å²) in [6, 6.07) is 13.4. The number of carbonyl (C=O) groups excluding carboxylic acids is 1. The van der Waals surface area contributed by atoms with Crippen LogP contribution in [0.3, 0.4) is 0 Å². The molecule has 0 saturated carbocycles. The minimum atomic E-state index is -0.358. The Labute approximate surface area is 158 Å². The van der Waals surface area contributed by atoms with Crippen molar-refractivity contribution in [2.45, 2.75) is 38.8 Å². The van der Waals surface area contributed by atoms with Gasteiger partial charge in [-0.25, -0.2) is 4.98 Å². The molecule has 4 rings (SSSR count). The number of amides is 1. The van der Waals surface area contributed by atoms with E-state index < -0.39 is 0 Å². The molecule has 138 valence electrons. The number of nitrogens with one attached hydrogen (secondary N) is 2. The van der Waals surface area contributed by atoms with Crippen LogP contribution in [0, 0.1) is 6.92 Å². The fraction of sp³-hybridized carbons (Fsp3) is 0.286. The van der Waals surface area contributed by atoms with Crippen molar-refractivity contribution in [3.05, 3.63) is 65.5 Å². The van der Waals surface area contributed by atoms with Gasteiger partial charge in [-0.3, -0.25) is 9.89 Å². The van der Waals surface area contributed by atoms with E-state index in [1.165, 1.54) is 6.33 Å². The second-order valence-corrected chi connectivity index (χ2v) is 7.51. The highest BCUT2D eigenvalue weighted by molar-refractivity contribution is 6.00. The minimum absolute atomic E-state index is 0.125. The number of ether oxygens (including phenoxy) is 1. The van der Waals surface area contributed by atoms with Crippen molar-refractivity contribution in [1.29, 1.82) is 0 Å². The molecule has 0 saturated heterocycles. The quantitative estimate of drug-likeness (QED) is 0.742. The van der Waals surface area contributed by atoms with E-state index in [1.807, 2.05) is 57.2 Å². The van der Waals surface area contributed by atoms with Gasteiger partial charge in [0.15, 0.2) is 5.82 Å². The molecule has 1 atom stereocenters. The minimum Gasteiger partial charge on any atom is -0.487 e. The molecule has 2 aromatic carbocycles. The van der Waals surface area contributed by atoms with E-state index in [-0.39, 0.29) is 17.6 Å². The molecule has 27 heavy (non-hydrogen) atoms. The van der Waals surface area contributed by atoms with Gasteiger partial charge in [0.1, 0.15) is 17.7 Å². The fourth-order valence-corrected chi connectivity index (χ4v) is 3.55. The molecule has 0 bridgehead atoms. The zero-order chi connectivity index (χ0) is 19.0. The maximum Gasteiger partial charge on any atom is 0.252 e. The van der Waals surface area contributed by atoms with Crippen LogP contribution in [0.2, 0.25) is 0 Å². The molecule has 2 heterocycles. The first-order valence-corrected chi connectivity index (χ1v) is 8.98. The smallest absolute Gasteiger partial charge is 0.252 e. The maximum absolute atomic E-state index is 13.1. The van der Waals surface area contributed by atoms with Gasteiger partial charge in [-0.1, -0.05) is 30.3 Å². The number of aromatic amines is 1. The first-order valence-electron chi connectivity index (χ1n) is 8.98. The number of aryl methyl sites for hydroxylation is 1. The lowest BCUT2D eigenvalue weighted by Crippen LogP contribution is -2.41. The van der Waals surface area contributed by atoms with Crippen molar-refractivity contribution >= 4 is 5.91 Å². The average molecular weight is 362 g/mol. The molecule has 1 aromatic heterocycles. The van der Waals surface area contributed by atoms with Gasteiger partial charge in [0, 0.05) is 17.5 Å². The maximum atomic E-state index is 13.1. The summed E-state index contributed by atoms with van der Waals surface area (Å²) in [4.78, 5) is 17.3. The first kappa shape index (κ1) is 17.3. The predicted octanol–water partition coefficient (Wildman–Crippen LogP) is 3.81. The van der Waals surface area contributed by atoms with Gasteiger partial charge in [0.2, 0.25) is 0 Å². The molecule has 1 unspecified atom stereocenters. The van der Waals surface area contributed by atoms with E-state index >= 15 is 0 Å². The Morgan fingerprint density at radius 2 is 2.07 bits per heavy atom. The van der Waals surface area contributed by atoms with Gasteiger partial charge in [-0.2, -0.15) is 5.10 Å². The normalized spacial score (nSPS) is 17.7. The second kappa shape index (κ2) is 6.54. The van der Waals surface area contributed by atoms with E-state index in [0.717, 1.165) is 22.4 Å². The Morgan fingerprint density at radius 1 is 1.26 bits per heavy atom.